The molecule has 5 heteroatoms. The first kappa shape index (κ1) is 14.5. The van der Waals surface area contributed by atoms with Crippen LogP contribution < -0.4 is 16.0 Å². The van der Waals surface area contributed by atoms with E-state index in [1.807, 2.05) is 26.0 Å². The number of hydrogen-bond donors (Lipinski definition) is 2. The number of carbonyl (C=O) groups excluding carboxylic acids is 2. The van der Waals surface area contributed by atoms with Gasteiger partial charge in [-0.25, -0.2) is 0 Å². The minimum absolute atomic E-state index is 0.0326. The maximum Gasteiger partial charge on any atom is 0.251 e. The molecule has 0 saturated carbocycles. The number of nitrogens with one attached hydrogen (secondary N) is 1. The number of nitrogens with two attached hydrogens (primary N) is 1. The third-order valence-electron chi connectivity index (χ3n) is 3.58. The van der Waals surface area contributed by atoms with E-state index in [0.29, 0.717) is 18.7 Å². The lowest BCUT2D eigenvalue weighted by atomic mass is 10.0. The van der Waals surface area contributed by atoms with Crippen LogP contribution in [0.5, 0.6) is 0 Å². The van der Waals surface area contributed by atoms with Gasteiger partial charge >= 0.3 is 0 Å². The second kappa shape index (κ2) is 5.25. The molecule has 3 N–H and O–H groups in total. The van der Waals surface area contributed by atoms with Crippen molar-refractivity contribution in [1.29, 1.82) is 0 Å². The van der Waals surface area contributed by atoms with Gasteiger partial charge in [-0.3, -0.25) is 9.59 Å². The van der Waals surface area contributed by atoms with E-state index < -0.39 is 5.54 Å². The van der Waals surface area contributed by atoms with Crippen LogP contribution >= 0.6 is 0 Å². The minimum atomic E-state index is -0.429. The lowest BCUT2D eigenvalue weighted by molar-refractivity contribution is -0.116. The third-order valence-corrected chi connectivity index (χ3v) is 3.58. The molecule has 1 aromatic carbocycles. The third kappa shape index (κ3) is 2.82. The number of amides is 2. The number of fused-ring (bicyclic) bond motifs is 1. The molecule has 1 aromatic rings. The Morgan fingerprint density at radius 2 is 2.10 bits per heavy atom. The van der Waals surface area contributed by atoms with Crippen LogP contribution in [0.4, 0.5) is 5.69 Å². The van der Waals surface area contributed by atoms with E-state index in [1.165, 1.54) is 0 Å². The molecule has 1 aliphatic heterocycles. The van der Waals surface area contributed by atoms with E-state index in [-0.39, 0.29) is 11.8 Å². The fourth-order valence-corrected chi connectivity index (χ4v) is 2.30. The molecule has 0 spiro atoms. The Hall–Kier alpha value is -1.88. The number of benzene rings is 1. The molecule has 0 radical (unpaired) electrons. The summed E-state index contributed by atoms with van der Waals surface area (Å²) in [6.45, 7) is 6.39. The summed E-state index contributed by atoms with van der Waals surface area (Å²) in [5.41, 5.74) is 7.74. The average Bonchev–Trinajstić information content (AvgIpc) is 2.81. The molecule has 1 heterocycles. The van der Waals surface area contributed by atoms with Crippen molar-refractivity contribution in [3.05, 3.63) is 29.3 Å². The minimum Gasteiger partial charge on any atom is -0.346 e. The van der Waals surface area contributed by atoms with Gasteiger partial charge in [-0.1, -0.05) is 0 Å². The molecule has 5 nitrogen and oxygen atoms in total. The molecular weight excluding hydrogens is 254 g/mol. The van der Waals surface area contributed by atoms with Crippen molar-refractivity contribution < 1.29 is 9.59 Å². The van der Waals surface area contributed by atoms with Crippen LogP contribution in [0.15, 0.2) is 18.2 Å². The fourth-order valence-electron chi connectivity index (χ4n) is 2.30. The molecule has 1 aliphatic rings. The van der Waals surface area contributed by atoms with Crippen molar-refractivity contribution in [1.82, 2.24) is 5.32 Å². The Kier molecular flexibility index (Phi) is 3.81. The van der Waals surface area contributed by atoms with E-state index >= 15 is 0 Å². The number of carbonyl (C=O) groups is 2. The Morgan fingerprint density at radius 3 is 2.70 bits per heavy atom. The van der Waals surface area contributed by atoms with Gasteiger partial charge in [-0.15, -0.1) is 0 Å². The first-order valence-corrected chi connectivity index (χ1v) is 6.78. The highest BCUT2D eigenvalue weighted by Crippen LogP contribution is 2.28. The summed E-state index contributed by atoms with van der Waals surface area (Å²) < 4.78 is 0. The van der Waals surface area contributed by atoms with Crippen LogP contribution in [-0.2, 0) is 11.2 Å². The molecule has 108 valence electrons. The van der Waals surface area contributed by atoms with Crippen molar-refractivity contribution in [2.24, 2.45) is 5.73 Å². The van der Waals surface area contributed by atoms with Gasteiger partial charge in [0, 0.05) is 36.8 Å². The zero-order valence-electron chi connectivity index (χ0n) is 12.2. The van der Waals surface area contributed by atoms with Gasteiger partial charge < -0.3 is 16.0 Å². The maximum atomic E-state index is 12.2. The molecule has 2 rings (SSSR count). The maximum absolute atomic E-state index is 12.2. The lowest BCUT2D eigenvalue weighted by Gasteiger charge is -2.24. The number of rotatable bonds is 3. The van der Waals surface area contributed by atoms with Crippen LogP contribution in [0.1, 0.15) is 36.7 Å². The van der Waals surface area contributed by atoms with Crippen molar-refractivity contribution in [2.45, 2.75) is 32.7 Å². The van der Waals surface area contributed by atoms with E-state index in [4.69, 9.17) is 5.73 Å². The van der Waals surface area contributed by atoms with Gasteiger partial charge in [-0.2, -0.15) is 0 Å². The number of nitrogens with zero attached hydrogens (tertiary/aromatic N) is 1. The zero-order chi connectivity index (χ0) is 14.9. The Labute approximate surface area is 119 Å². The monoisotopic (exact) mass is 275 g/mol. The summed E-state index contributed by atoms with van der Waals surface area (Å²) in [4.78, 5) is 25.4. The normalized spacial score (nSPS) is 14.1. The molecule has 20 heavy (non-hydrogen) atoms. The predicted molar refractivity (Wildman–Crippen MR) is 78.8 cm³/mol. The van der Waals surface area contributed by atoms with Crippen LogP contribution in [0.25, 0.3) is 0 Å². The van der Waals surface area contributed by atoms with Crippen LogP contribution in [0.2, 0.25) is 0 Å². The largest absolute Gasteiger partial charge is 0.346 e. The molecule has 0 aliphatic carbocycles. The highest BCUT2D eigenvalue weighted by Gasteiger charge is 2.24. The van der Waals surface area contributed by atoms with Gasteiger partial charge in [-0.05, 0) is 44.0 Å². The van der Waals surface area contributed by atoms with Gasteiger partial charge in [0.05, 0.1) is 0 Å². The van der Waals surface area contributed by atoms with Crippen molar-refractivity contribution in [3.63, 3.8) is 0 Å². The van der Waals surface area contributed by atoms with Crippen molar-refractivity contribution in [3.8, 4) is 0 Å². The lowest BCUT2D eigenvalue weighted by Crippen LogP contribution is -2.48. The first-order chi connectivity index (χ1) is 9.34. The van der Waals surface area contributed by atoms with Crippen LogP contribution in [0.3, 0.4) is 0 Å². The quantitative estimate of drug-likeness (QED) is 0.866. The molecule has 0 atom stereocenters. The molecule has 0 fully saturated rings. The summed E-state index contributed by atoms with van der Waals surface area (Å²) in [5.74, 6) is -0.102. The Morgan fingerprint density at radius 1 is 1.40 bits per heavy atom. The van der Waals surface area contributed by atoms with E-state index in [2.05, 4.69) is 5.32 Å². The summed E-state index contributed by atoms with van der Waals surface area (Å²) in [7, 11) is 0. The van der Waals surface area contributed by atoms with Gasteiger partial charge in [0.25, 0.3) is 5.91 Å². The van der Waals surface area contributed by atoms with Crippen LogP contribution in [0, 0.1) is 0 Å². The smallest absolute Gasteiger partial charge is 0.251 e. The van der Waals surface area contributed by atoms with E-state index in [1.54, 1.807) is 17.9 Å². The Balaban J connectivity index is 2.21. The van der Waals surface area contributed by atoms with Crippen molar-refractivity contribution >= 4 is 17.5 Å². The molecule has 0 unspecified atom stereocenters. The predicted octanol–water partition coefficient (Wildman–Crippen LogP) is 1.06. The van der Waals surface area contributed by atoms with E-state index in [9.17, 15) is 9.59 Å². The number of anilines is 1. The summed E-state index contributed by atoms with van der Waals surface area (Å²) >= 11 is 0. The highest BCUT2D eigenvalue weighted by atomic mass is 16.2. The van der Waals surface area contributed by atoms with E-state index in [0.717, 1.165) is 17.7 Å². The molecule has 0 bridgehead atoms. The Bertz CT molecular complexity index is 552. The zero-order valence-corrected chi connectivity index (χ0v) is 12.2. The first-order valence-electron chi connectivity index (χ1n) is 6.78. The summed E-state index contributed by atoms with van der Waals surface area (Å²) in [6.07, 6.45) is 0.788. The summed E-state index contributed by atoms with van der Waals surface area (Å²) in [6, 6.07) is 5.45. The second-order valence-corrected chi connectivity index (χ2v) is 5.81. The number of hydrogen-bond acceptors (Lipinski definition) is 3. The average molecular weight is 275 g/mol. The molecule has 0 aromatic heterocycles. The topological polar surface area (TPSA) is 75.4 Å². The summed E-state index contributed by atoms with van der Waals surface area (Å²) in [5, 5.41) is 2.90. The van der Waals surface area contributed by atoms with Gasteiger partial charge in [0.1, 0.15) is 0 Å². The highest BCUT2D eigenvalue weighted by molar-refractivity contribution is 5.98. The fraction of sp³-hybridized carbons (Fsp3) is 0.467. The SMILES string of the molecule is CC(=O)N1CCc2cc(C(=O)NC(C)(C)CN)ccc21. The van der Waals surface area contributed by atoms with Crippen molar-refractivity contribution in [2.75, 3.05) is 18.0 Å². The van der Waals surface area contributed by atoms with Gasteiger partial charge in [0.15, 0.2) is 0 Å². The van der Waals surface area contributed by atoms with Gasteiger partial charge in [0.2, 0.25) is 5.91 Å². The standard InChI is InChI=1S/C15H21N3O2/c1-10(19)18-7-6-11-8-12(4-5-13(11)18)14(20)17-15(2,3)9-16/h4-5,8H,6-7,9,16H2,1-3H3,(H,17,20). The molecular formula is C15H21N3O2. The second-order valence-electron chi connectivity index (χ2n) is 5.81. The molecule has 2 amide bonds. The molecule has 0 saturated heterocycles. The van der Waals surface area contributed by atoms with Crippen LogP contribution in [-0.4, -0.2) is 30.4 Å².